The predicted molar refractivity (Wildman–Crippen MR) is 80.1 cm³/mol. The molecule has 0 aliphatic rings. The topological polar surface area (TPSA) is 65.7 Å². The highest BCUT2D eigenvalue weighted by atomic mass is 16.5. The van der Waals surface area contributed by atoms with Crippen molar-refractivity contribution in [3.63, 3.8) is 0 Å². The van der Waals surface area contributed by atoms with Crippen LogP contribution in [0.5, 0.6) is 0 Å². The predicted octanol–water partition coefficient (Wildman–Crippen LogP) is 3.46. The molecule has 0 bridgehead atoms. The molecular formula is C15H27N3O2. The van der Waals surface area contributed by atoms with Gasteiger partial charge in [0.25, 0.3) is 0 Å². The number of esters is 1. The van der Waals surface area contributed by atoms with Crippen LogP contribution in [-0.4, -0.2) is 30.3 Å². The lowest BCUT2D eigenvalue weighted by Gasteiger charge is -2.08. The zero-order chi connectivity index (χ0) is 15.1. The van der Waals surface area contributed by atoms with Gasteiger partial charge in [-0.15, -0.1) is 0 Å². The first-order chi connectivity index (χ1) is 9.74. The highest BCUT2D eigenvalue weighted by molar-refractivity contribution is 5.69. The van der Waals surface area contributed by atoms with E-state index in [9.17, 15) is 4.79 Å². The fourth-order valence-corrected chi connectivity index (χ4v) is 1.72. The van der Waals surface area contributed by atoms with E-state index in [-0.39, 0.29) is 5.97 Å². The number of unbranched alkanes of at least 4 members (excludes halogenated alkanes) is 5. The number of nitrogens with zero attached hydrogens (tertiary/aromatic N) is 3. The molecule has 0 aromatic carbocycles. The number of hydrogen-bond donors (Lipinski definition) is 0. The summed E-state index contributed by atoms with van der Waals surface area (Å²) in [6.07, 6.45) is 11.3. The standard InChI is InChI=1S/C15H27N3O2/c1-3-5-6-10-13-18(14-16)17-12-9-7-8-11-15(19)20-4-2/h12H,3-11,13H2,1-2H3/b17-12+. The van der Waals surface area contributed by atoms with Crippen LogP contribution in [0.2, 0.25) is 0 Å². The maximum absolute atomic E-state index is 11.1. The lowest BCUT2D eigenvalue weighted by molar-refractivity contribution is -0.143. The lowest BCUT2D eigenvalue weighted by Crippen LogP contribution is -2.12. The maximum Gasteiger partial charge on any atom is 0.305 e. The molecule has 0 fully saturated rings. The fourth-order valence-electron chi connectivity index (χ4n) is 1.72. The third kappa shape index (κ3) is 11.5. The van der Waals surface area contributed by atoms with Crippen molar-refractivity contribution in [3.05, 3.63) is 0 Å². The van der Waals surface area contributed by atoms with Crippen LogP contribution in [0, 0.1) is 11.5 Å². The van der Waals surface area contributed by atoms with Gasteiger partial charge < -0.3 is 4.74 Å². The molecule has 5 nitrogen and oxygen atoms in total. The van der Waals surface area contributed by atoms with Crippen LogP contribution in [0.4, 0.5) is 0 Å². The van der Waals surface area contributed by atoms with E-state index in [4.69, 9.17) is 10.00 Å². The minimum atomic E-state index is -0.140. The molecule has 0 amide bonds. The van der Waals surface area contributed by atoms with Crippen molar-refractivity contribution in [1.29, 1.82) is 5.26 Å². The van der Waals surface area contributed by atoms with E-state index in [1.165, 1.54) is 17.9 Å². The second-order valence-corrected chi connectivity index (χ2v) is 4.63. The molecule has 0 spiro atoms. The normalized spacial score (nSPS) is 10.4. The van der Waals surface area contributed by atoms with Crippen molar-refractivity contribution >= 4 is 12.2 Å². The minimum absolute atomic E-state index is 0.140. The first kappa shape index (κ1) is 18.4. The summed E-state index contributed by atoms with van der Waals surface area (Å²) in [7, 11) is 0. The van der Waals surface area contributed by atoms with E-state index in [2.05, 4.69) is 18.2 Å². The van der Waals surface area contributed by atoms with Gasteiger partial charge in [0.1, 0.15) is 0 Å². The van der Waals surface area contributed by atoms with Crippen LogP contribution < -0.4 is 0 Å². The van der Waals surface area contributed by atoms with Crippen molar-refractivity contribution in [1.82, 2.24) is 5.01 Å². The Hall–Kier alpha value is -1.57. The zero-order valence-electron chi connectivity index (χ0n) is 12.8. The number of hydrogen-bond acceptors (Lipinski definition) is 5. The van der Waals surface area contributed by atoms with Crippen molar-refractivity contribution in [2.24, 2.45) is 5.10 Å². The van der Waals surface area contributed by atoms with Gasteiger partial charge in [-0.3, -0.25) is 4.79 Å². The molecule has 0 unspecified atom stereocenters. The Balaban J connectivity index is 3.60. The molecule has 0 rings (SSSR count). The van der Waals surface area contributed by atoms with Crippen LogP contribution >= 0.6 is 0 Å². The van der Waals surface area contributed by atoms with Gasteiger partial charge in [-0.25, -0.2) is 5.01 Å². The lowest BCUT2D eigenvalue weighted by atomic mass is 10.2. The van der Waals surface area contributed by atoms with Crippen LogP contribution in [0.15, 0.2) is 5.10 Å². The molecular weight excluding hydrogens is 254 g/mol. The second-order valence-electron chi connectivity index (χ2n) is 4.63. The molecule has 20 heavy (non-hydrogen) atoms. The monoisotopic (exact) mass is 281 g/mol. The van der Waals surface area contributed by atoms with Gasteiger partial charge in [-0.1, -0.05) is 26.2 Å². The molecule has 0 heterocycles. The van der Waals surface area contributed by atoms with E-state index in [1.54, 1.807) is 6.21 Å². The minimum Gasteiger partial charge on any atom is -0.466 e. The summed E-state index contributed by atoms with van der Waals surface area (Å²) in [5.74, 6) is -0.140. The molecule has 5 heteroatoms. The van der Waals surface area contributed by atoms with Crippen molar-refractivity contribution in [3.8, 4) is 6.19 Å². The average Bonchev–Trinajstić information content (AvgIpc) is 2.45. The average molecular weight is 281 g/mol. The number of carbonyl (C=O) groups is 1. The van der Waals surface area contributed by atoms with Crippen LogP contribution in [0.1, 0.15) is 65.2 Å². The zero-order valence-corrected chi connectivity index (χ0v) is 12.8. The first-order valence-electron chi connectivity index (χ1n) is 7.59. The fraction of sp³-hybridized carbons (Fsp3) is 0.800. The summed E-state index contributed by atoms with van der Waals surface area (Å²) in [5, 5.41) is 14.5. The molecule has 114 valence electrons. The van der Waals surface area contributed by atoms with E-state index in [1.807, 2.05) is 6.92 Å². The Morgan fingerprint density at radius 3 is 2.70 bits per heavy atom. The molecule has 0 saturated heterocycles. The quantitative estimate of drug-likeness (QED) is 0.137. The van der Waals surface area contributed by atoms with Gasteiger partial charge in [0.15, 0.2) is 0 Å². The number of nitriles is 1. The van der Waals surface area contributed by atoms with Gasteiger partial charge in [0.2, 0.25) is 6.19 Å². The highest BCUT2D eigenvalue weighted by Gasteiger charge is 2.00. The van der Waals surface area contributed by atoms with E-state index < -0.39 is 0 Å². The smallest absolute Gasteiger partial charge is 0.305 e. The van der Waals surface area contributed by atoms with Gasteiger partial charge in [-0.05, 0) is 32.6 Å². The van der Waals surface area contributed by atoms with Gasteiger partial charge >= 0.3 is 5.97 Å². The largest absolute Gasteiger partial charge is 0.466 e. The van der Waals surface area contributed by atoms with E-state index in [0.717, 1.165) is 32.1 Å². The Kier molecular flexibility index (Phi) is 12.8. The van der Waals surface area contributed by atoms with E-state index in [0.29, 0.717) is 19.6 Å². The molecule has 0 aliphatic heterocycles. The van der Waals surface area contributed by atoms with E-state index >= 15 is 0 Å². The number of carbonyl (C=O) groups excluding carboxylic acids is 1. The summed E-state index contributed by atoms with van der Waals surface area (Å²) in [6.45, 7) is 5.10. The summed E-state index contributed by atoms with van der Waals surface area (Å²) >= 11 is 0. The second kappa shape index (κ2) is 13.9. The molecule has 0 N–H and O–H groups in total. The first-order valence-corrected chi connectivity index (χ1v) is 7.59. The van der Waals surface area contributed by atoms with Crippen LogP contribution in [-0.2, 0) is 9.53 Å². The van der Waals surface area contributed by atoms with Crippen LogP contribution in [0.25, 0.3) is 0 Å². The number of ether oxygens (including phenoxy) is 1. The summed E-state index contributed by atoms with van der Waals surface area (Å²) in [5.41, 5.74) is 0. The Labute approximate surface area is 122 Å². The third-order valence-corrected chi connectivity index (χ3v) is 2.83. The molecule has 0 aromatic heterocycles. The summed E-state index contributed by atoms with van der Waals surface area (Å²) < 4.78 is 4.84. The summed E-state index contributed by atoms with van der Waals surface area (Å²) in [6, 6.07) is 0. The van der Waals surface area contributed by atoms with Crippen molar-refractivity contribution < 1.29 is 9.53 Å². The Morgan fingerprint density at radius 2 is 2.05 bits per heavy atom. The number of hydrazone groups is 1. The molecule has 0 aromatic rings. The SMILES string of the molecule is CCCCCCN(C#N)/N=C/CCCCC(=O)OCC. The van der Waals surface area contributed by atoms with Gasteiger partial charge in [0, 0.05) is 12.6 Å². The number of rotatable bonds is 12. The Morgan fingerprint density at radius 1 is 1.25 bits per heavy atom. The molecule has 0 saturated carbocycles. The molecule has 0 atom stereocenters. The Bertz CT molecular complexity index is 311. The molecule has 0 radical (unpaired) electrons. The third-order valence-electron chi connectivity index (χ3n) is 2.83. The highest BCUT2D eigenvalue weighted by Crippen LogP contribution is 2.02. The van der Waals surface area contributed by atoms with Gasteiger partial charge in [-0.2, -0.15) is 10.4 Å². The maximum atomic E-state index is 11.1. The van der Waals surface area contributed by atoms with Crippen molar-refractivity contribution in [2.75, 3.05) is 13.2 Å². The van der Waals surface area contributed by atoms with Crippen LogP contribution in [0.3, 0.4) is 0 Å². The van der Waals surface area contributed by atoms with Gasteiger partial charge in [0.05, 0.1) is 13.2 Å². The summed E-state index contributed by atoms with van der Waals surface area (Å²) in [4.78, 5) is 11.1. The van der Waals surface area contributed by atoms with Crippen molar-refractivity contribution in [2.45, 2.75) is 65.2 Å². The molecule has 0 aliphatic carbocycles.